The van der Waals surface area contributed by atoms with Crippen LogP contribution in [0.3, 0.4) is 0 Å². The smallest absolute Gasteiger partial charge is 0.122 e. The lowest BCUT2D eigenvalue weighted by molar-refractivity contribution is 0.176. The molecule has 100 valence electrons. The van der Waals surface area contributed by atoms with Crippen molar-refractivity contribution in [3.8, 4) is 11.5 Å². The number of likely N-dealkylation sites (tertiary alicyclic amines) is 1. The molecular weight excluding hydrogens is 226 g/mol. The predicted octanol–water partition coefficient (Wildman–Crippen LogP) is 2.94. The third-order valence-corrected chi connectivity index (χ3v) is 3.56. The predicted molar refractivity (Wildman–Crippen MR) is 73.2 cm³/mol. The Morgan fingerprint density at radius 1 is 1.17 bits per heavy atom. The summed E-state index contributed by atoms with van der Waals surface area (Å²) in [5.41, 5.74) is 1.26. The van der Waals surface area contributed by atoms with Gasteiger partial charge in [-0.1, -0.05) is 6.92 Å². The molecule has 0 aromatic heterocycles. The SMILES string of the molecule is COc1cc(CN2CCCC(C)C2)cc(OC)c1. The zero-order valence-electron chi connectivity index (χ0n) is 11.6. The van der Waals surface area contributed by atoms with E-state index in [9.17, 15) is 0 Å². The summed E-state index contributed by atoms with van der Waals surface area (Å²) in [6.07, 6.45) is 2.67. The summed E-state index contributed by atoms with van der Waals surface area (Å²) in [5.74, 6) is 2.55. The van der Waals surface area contributed by atoms with Crippen LogP contribution in [0, 0.1) is 5.92 Å². The van der Waals surface area contributed by atoms with Crippen LogP contribution in [-0.2, 0) is 6.54 Å². The van der Waals surface area contributed by atoms with E-state index >= 15 is 0 Å². The molecular formula is C15H23NO2. The van der Waals surface area contributed by atoms with Gasteiger partial charge in [-0.05, 0) is 43.0 Å². The molecule has 2 rings (SSSR count). The molecule has 0 amide bonds. The maximum atomic E-state index is 5.31. The van der Waals surface area contributed by atoms with Gasteiger partial charge in [-0.25, -0.2) is 0 Å². The van der Waals surface area contributed by atoms with Crippen molar-refractivity contribution >= 4 is 0 Å². The van der Waals surface area contributed by atoms with Crippen LogP contribution in [0.5, 0.6) is 11.5 Å². The van der Waals surface area contributed by atoms with E-state index in [0.717, 1.165) is 24.0 Å². The molecule has 1 aromatic rings. The van der Waals surface area contributed by atoms with E-state index in [1.165, 1.54) is 31.5 Å². The molecule has 0 bridgehead atoms. The van der Waals surface area contributed by atoms with Crippen molar-refractivity contribution in [2.45, 2.75) is 26.3 Å². The number of piperidine rings is 1. The van der Waals surface area contributed by atoms with Crippen molar-refractivity contribution in [1.29, 1.82) is 0 Å². The molecule has 1 saturated heterocycles. The second-order valence-corrected chi connectivity index (χ2v) is 5.20. The van der Waals surface area contributed by atoms with Gasteiger partial charge in [0.05, 0.1) is 14.2 Å². The fourth-order valence-electron chi connectivity index (χ4n) is 2.65. The Bertz CT molecular complexity index is 370. The van der Waals surface area contributed by atoms with Crippen molar-refractivity contribution in [1.82, 2.24) is 4.90 Å². The number of ether oxygens (including phenoxy) is 2. The molecule has 3 heteroatoms. The van der Waals surface area contributed by atoms with Gasteiger partial charge in [0, 0.05) is 19.2 Å². The number of hydrogen-bond donors (Lipinski definition) is 0. The fraction of sp³-hybridized carbons (Fsp3) is 0.600. The molecule has 1 atom stereocenters. The van der Waals surface area contributed by atoms with Gasteiger partial charge in [-0.15, -0.1) is 0 Å². The second-order valence-electron chi connectivity index (χ2n) is 5.20. The Balaban J connectivity index is 2.07. The lowest BCUT2D eigenvalue weighted by Gasteiger charge is -2.30. The van der Waals surface area contributed by atoms with Crippen LogP contribution in [0.2, 0.25) is 0 Å². The summed E-state index contributed by atoms with van der Waals surface area (Å²) in [5, 5.41) is 0. The quantitative estimate of drug-likeness (QED) is 0.819. The minimum atomic E-state index is 0.811. The maximum absolute atomic E-state index is 5.31. The van der Waals surface area contributed by atoms with Gasteiger partial charge >= 0.3 is 0 Å². The summed E-state index contributed by atoms with van der Waals surface area (Å²) >= 11 is 0. The van der Waals surface area contributed by atoms with E-state index in [1.54, 1.807) is 14.2 Å². The lowest BCUT2D eigenvalue weighted by Crippen LogP contribution is -2.33. The average Bonchev–Trinajstić information content (AvgIpc) is 2.38. The van der Waals surface area contributed by atoms with Crippen LogP contribution in [0.25, 0.3) is 0 Å². The molecule has 1 fully saturated rings. The van der Waals surface area contributed by atoms with Crippen molar-refractivity contribution in [2.24, 2.45) is 5.92 Å². The molecule has 1 aromatic carbocycles. The normalized spacial score (nSPS) is 20.7. The Hall–Kier alpha value is -1.22. The molecule has 1 aliphatic heterocycles. The van der Waals surface area contributed by atoms with E-state index in [4.69, 9.17) is 9.47 Å². The van der Waals surface area contributed by atoms with Gasteiger partial charge in [0.15, 0.2) is 0 Å². The second kappa shape index (κ2) is 6.10. The first-order valence-corrected chi connectivity index (χ1v) is 6.65. The van der Waals surface area contributed by atoms with E-state index in [0.29, 0.717) is 0 Å². The third-order valence-electron chi connectivity index (χ3n) is 3.56. The summed E-state index contributed by atoms with van der Waals surface area (Å²) in [7, 11) is 3.39. The molecule has 0 aliphatic carbocycles. The van der Waals surface area contributed by atoms with Gasteiger partial charge in [0.25, 0.3) is 0 Å². The van der Waals surface area contributed by atoms with Crippen molar-refractivity contribution in [2.75, 3.05) is 27.3 Å². The highest BCUT2D eigenvalue weighted by molar-refractivity contribution is 5.38. The minimum absolute atomic E-state index is 0.811. The topological polar surface area (TPSA) is 21.7 Å². The maximum Gasteiger partial charge on any atom is 0.122 e. The van der Waals surface area contributed by atoms with Gasteiger partial charge in [-0.2, -0.15) is 0 Å². The number of rotatable bonds is 4. The Morgan fingerprint density at radius 3 is 2.39 bits per heavy atom. The lowest BCUT2D eigenvalue weighted by atomic mass is 10.00. The van der Waals surface area contributed by atoms with Crippen LogP contribution in [-0.4, -0.2) is 32.2 Å². The standard InChI is InChI=1S/C15H23NO2/c1-12-5-4-6-16(10-12)11-13-7-14(17-2)9-15(8-13)18-3/h7-9,12H,4-6,10-11H2,1-3H3. The number of hydrogen-bond acceptors (Lipinski definition) is 3. The molecule has 1 heterocycles. The molecule has 1 unspecified atom stereocenters. The summed E-state index contributed by atoms with van der Waals surface area (Å²) in [4.78, 5) is 2.52. The third kappa shape index (κ3) is 3.39. The van der Waals surface area contributed by atoms with Gasteiger partial charge in [0.1, 0.15) is 11.5 Å². The minimum Gasteiger partial charge on any atom is -0.497 e. The number of methoxy groups -OCH3 is 2. The van der Waals surface area contributed by atoms with E-state index in [1.807, 2.05) is 6.07 Å². The van der Waals surface area contributed by atoms with Crippen molar-refractivity contribution in [3.05, 3.63) is 23.8 Å². The highest BCUT2D eigenvalue weighted by Crippen LogP contribution is 2.25. The van der Waals surface area contributed by atoms with Crippen molar-refractivity contribution in [3.63, 3.8) is 0 Å². The van der Waals surface area contributed by atoms with E-state index < -0.39 is 0 Å². The van der Waals surface area contributed by atoms with Crippen LogP contribution in [0.1, 0.15) is 25.3 Å². The first-order valence-electron chi connectivity index (χ1n) is 6.65. The van der Waals surface area contributed by atoms with Crippen molar-refractivity contribution < 1.29 is 9.47 Å². The molecule has 0 N–H and O–H groups in total. The van der Waals surface area contributed by atoms with Crippen LogP contribution in [0.15, 0.2) is 18.2 Å². The molecule has 18 heavy (non-hydrogen) atoms. The summed E-state index contributed by atoms with van der Waals surface area (Å²) in [6.45, 7) is 5.71. The molecule has 3 nitrogen and oxygen atoms in total. The Labute approximate surface area is 110 Å². The van der Waals surface area contributed by atoms with Gasteiger partial charge < -0.3 is 9.47 Å². The fourth-order valence-corrected chi connectivity index (χ4v) is 2.65. The first kappa shape index (κ1) is 13.2. The highest BCUT2D eigenvalue weighted by atomic mass is 16.5. The average molecular weight is 249 g/mol. The van der Waals surface area contributed by atoms with E-state index in [2.05, 4.69) is 24.0 Å². The highest BCUT2D eigenvalue weighted by Gasteiger charge is 2.16. The molecule has 0 radical (unpaired) electrons. The Kier molecular flexibility index (Phi) is 4.48. The zero-order valence-corrected chi connectivity index (χ0v) is 11.6. The van der Waals surface area contributed by atoms with Gasteiger partial charge in [0.2, 0.25) is 0 Å². The molecule has 0 spiro atoms. The zero-order chi connectivity index (χ0) is 13.0. The first-order chi connectivity index (χ1) is 8.71. The largest absolute Gasteiger partial charge is 0.497 e. The number of nitrogens with zero attached hydrogens (tertiary/aromatic N) is 1. The van der Waals surface area contributed by atoms with Crippen LogP contribution >= 0.6 is 0 Å². The van der Waals surface area contributed by atoms with Gasteiger partial charge in [-0.3, -0.25) is 4.90 Å². The Morgan fingerprint density at radius 2 is 1.83 bits per heavy atom. The van der Waals surface area contributed by atoms with E-state index in [-0.39, 0.29) is 0 Å². The van der Waals surface area contributed by atoms with Crippen LogP contribution < -0.4 is 9.47 Å². The number of benzene rings is 1. The summed E-state index contributed by atoms with van der Waals surface area (Å²) < 4.78 is 10.6. The molecule has 1 aliphatic rings. The van der Waals surface area contributed by atoms with Crippen LogP contribution in [0.4, 0.5) is 0 Å². The molecule has 0 saturated carbocycles. The summed E-state index contributed by atoms with van der Waals surface area (Å²) in [6, 6.07) is 6.12. The monoisotopic (exact) mass is 249 g/mol.